The minimum absolute atomic E-state index is 0.0172. The lowest BCUT2D eigenvalue weighted by atomic mass is 10.1. The van der Waals surface area contributed by atoms with E-state index in [-0.39, 0.29) is 16.1 Å². The second-order valence-electron chi connectivity index (χ2n) is 5.94. The molecule has 0 aliphatic carbocycles. The van der Waals surface area contributed by atoms with E-state index < -0.39 is 15.9 Å². The Morgan fingerprint density at radius 2 is 1.55 bits per heavy atom. The number of hydrogen-bond donors (Lipinski definition) is 2. The van der Waals surface area contributed by atoms with Gasteiger partial charge < -0.3 is 10.1 Å². The van der Waals surface area contributed by atoms with E-state index >= 15 is 0 Å². The summed E-state index contributed by atoms with van der Waals surface area (Å²) in [6.07, 6.45) is 0. The lowest BCUT2D eigenvalue weighted by molar-refractivity contribution is 0.102. The van der Waals surface area contributed by atoms with Crippen LogP contribution in [0.4, 0.5) is 11.4 Å². The van der Waals surface area contributed by atoms with Crippen LogP contribution in [-0.4, -0.2) is 21.4 Å². The fourth-order valence-electron chi connectivity index (χ4n) is 2.62. The van der Waals surface area contributed by atoms with Gasteiger partial charge in [-0.2, -0.15) is 5.26 Å². The molecule has 0 heterocycles. The van der Waals surface area contributed by atoms with Crippen molar-refractivity contribution in [2.45, 2.75) is 4.90 Å². The van der Waals surface area contributed by atoms with Crippen LogP contribution >= 0.6 is 0 Å². The molecular formula is C21H17N3O4S. The Morgan fingerprint density at radius 3 is 2.21 bits per heavy atom. The minimum atomic E-state index is -3.94. The number of carbonyl (C=O) groups is 1. The molecule has 2 N–H and O–H groups in total. The van der Waals surface area contributed by atoms with Crippen molar-refractivity contribution >= 4 is 27.3 Å². The van der Waals surface area contributed by atoms with E-state index in [1.165, 1.54) is 43.5 Å². The number of hydrogen-bond acceptors (Lipinski definition) is 5. The van der Waals surface area contributed by atoms with Crippen LogP contribution in [0.15, 0.2) is 77.7 Å². The number of nitrogens with one attached hydrogen (secondary N) is 2. The molecule has 3 aromatic carbocycles. The standard InChI is InChI=1S/C21H17N3O4S/c1-28-20-9-5-4-8-19(20)23-21(25)17-6-2-3-7-18(17)24-29(26,27)16-12-10-15(14-22)11-13-16/h2-13,24H,1H3,(H,23,25). The highest BCUT2D eigenvalue weighted by molar-refractivity contribution is 7.92. The van der Waals surface area contributed by atoms with Crippen LogP contribution in [0.1, 0.15) is 15.9 Å². The summed E-state index contributed by atoms with van der Waals surface area (Å²) in [7, 11) is -2.45. The van der Waals surface area contributed by atoms with Gasteiger partial charge in [-0.3, -0.25) is 9.52 Å². The quantitative estimate of drug-likeness (QED) is 0.649. The number of ether oxygens (including phenoxy) is 1. The van der Waals surface area contributed by atoms with E-state index in [9.17, 15) is 13.2 Å². The highest BCUT2D eigenvalue weighted by Crippen LogP contribution is 2.26. The molecule has 0 spiro atoms. The van der Waals surface area contributed by atoms with Crippen LogP contribution in [-0.2, 0) is 10.0 Å². The van der Waals surface area contributed by atoms with E-state index in [1.54, 1.807) is 36.4 Å². The third-order valence-electron chi connectivity index (χ3n) is 4.06. The predicted octanol–water partition coefficient (Wildman–Crippen LogP) is 3.62. The third kappa shape index (κ3) is 4.54. The van der Waals surface area contributed by atoms with Crippen molar-refractivity contribution in [1.82, 2.24) is 0 Å². The number of nitrogens with zero attached hydrogens (tertiary/aromatic N) is 1. The molecule has 1 amide bonds. The van der Waals surface area contributed by atoms with Crippen molar-refractivity contribution in [1.29, 1.82) is 5.26 Å². The number of para-hydroxylation sites is 3. The number of methoxy groups -OCH3 is 1. The van der Waals surface area contributed by atoms with Crippen molar-refractivity contribution in [3.8, 4) is 11.8 Å². The van der Waals surface area contributed by atoms with Crippen LogP contribution < -0.4 is 14.8 Å². The Morgan fingerprint density at radius 1 is 0.931 bits per heavy atom. The number of benzene rings is 3. The molecule has 3 aromatic rings. The molecule has 0 aromatic heterocycles. The summed E-state index contributed by atoms with van der Waals surface area (Å²) in [5.41, 5.74) is 1.09. The normalized spacial score (nSPS) is 10.6. The van der Waals surface area contributed by atoms with Crippen molar-refractivity contribution in [2.24, 2.45) is 0 Å². The number of nitriles is 1. The summed E-state index contributed by atoms with van der Waals surface area (Å²) in [4.78, 5) is 12.8. The highest BCUT2D eigenvalue weighted by atomic mass is 32.2. The molecule has 0 saturated carbocycles. The Bertz CT molecular complexity index is 1180. The maximum absolute atomic E-state index is 12.8. The molecule has 0 bridgehead atoms. The zero-order chi connectivity index (χ0) is 20.9. The summed E-state index contributed by atoms with van der Waals surface area (Å²) in [6, 6.07) is 20.6. The number of sulfonamides is 1. The minimum Gasteiger partial charge on any atom is -0.495 e. The molecule has 3 rings (SSSR count). The molecule has 7 nitrogen and oxygen atoms in total. The van der Waals surface area contributed by atoms with Gasteiger partial charge in [0.15, 0.2) is 0 Å². The average molecular weight is 407 g/mol. The summed E-state index contributed by atoms with van der Waals surface area (Å²) in [5.74, 6) is -0.0101. The number of carbonyl (C=O) groups excluding carboxylic acids is 1. The first-order valence-electron chi connectivity index (χ1n) is 8.51. The van der Waals surface area contributed by atoms with Gasteiger partial charge in [0.1, 0.15) is 5.75 Å². The van der Waals surface area contributed by atoms with Crippen LogP contribution in [0.3, 0.4) is 0 Å². The fourth-order valence-corrected chi connectivity index (χ4v) is 3.70. The second-order valence-corrected chi connectivity index (χ2v) is 7.62. The molecule has 0 aliphatic rings. The maximum Gasteiger partial charge on any atom is 0.261 e. The molecular weight excluding hydrogens is 390 g/mol. The Hall–Kier alpha value is -3.83. The van der Waals surface area contributed by atoms with Crippen molar-refractivity contribution in [3.05, 3.63) is 83.9 Å². The van der Waals surface area contributed by atoms with Gasteiger partial charge in [-0.25, -0.2) is 8.42 Å². The molecule has 0 fully saturated rings. The van der Waals surface area contributed by atoms with Crippen LogP contribution in [0.25, 0.3) is 0 Å². The number of rotatable bonds is 6. The van der Waals surface area contributed by atoms with Gasteiger partial charge in [-0.05, 0) is 48.5 Å². The average Bonchev–Trinajstić information content (AvgIpc) is 2.74. The fraction of sp³-hybridized carbons (Fsp3) is 0.0476. The molecule has 0 radical (unpaired) electrons. The van der Waals surface area contributed by atoms with Gasteiger partial charge in [0.25, 0.3) is 15.9 Å². The molecule has 29 heavy (non-hydrogen) atoms. The lowest BCUT2D eigenvalue weighted by Gasteiger charge is -2.14. The van der Waals surface area contributed by atoms with Crippen molar-refractivity contribution < 1.29 is 17.9 Å². The number of amides is 1. The predicted molar refractivity (Wildman–Crippen MR) is 109 cm³/mol. The monoisotopic (exact) mass is 407 g/mol. The van der Waals surface area contributed by atoms with Gasteiger partial charge >= 0.3 is 0 Å². The molecule has 0 saturated heterocycles. The van der Waals surface area contributed by atoms with Gasteiger partial charge in [0.05, 0.1) is 40.6 Å². The topological polar surface area (TPSA) is 108 Å². The maximum atomic E-state index is 12.8. The summed E-state index contributed by atoms with van der Waals surface area (Å²) in [5, 5.41) is 11.6. The zero-order valence-corrected chi connectivity index (χ0v) is 16.2. The third-order valence-corrected chi connectivity index (χ3v) is 5.45. The Labute approximate surface area is 168 Å². The largest absolute Gasteiger partial charge is 0.495 e. The molecule has 0 atom stereocenters. The highest BCUT2D eigenvalue weighted by Gasteiger charge is 2.19. The van der Waals surface area contributed by atoms with Crippen molar-refractivity contribution in [2.75, 3.05) is 17.1 Å². The first-order chi connectivity index (χ1) is 13.9. The van der Waals surface area contributed by atoms with E-state index in [0.717, 1.165) is 0 Å². The van der Waals surface area contributed by atoms with Crippen LogP contribution in [0, 0.1) is 11.3 Å². The van der Waals surface area contributed by atoms with E-state index in [4.69, 9.17) is 10.00 Å². The van der Waals surface area contributed by atoms with Crippen molar-refractivity contribution in [3.63, 3.8) is 0 Å². The first-order valence-corrected chi connectivity index (χ1v) is 9.99. The van der Waals surface area contributed by atoms with E-state index in [2.05, 4.69) is 10.0 Å². The zero-order valence-electron chi connectivity index (χ0n) is 15.4. The molecule has 8 heteroatoms. The summed E-state index contributed by atoms with van der Waals surface area (Å²) in [6.45, 7) is 0. The van der Waals surface area contributed by atoms with Crippen LogP contribution in [0.2, 0.25) is 0 Å². The Balaban J connectivity index is 1.88. The van der Waals surface area contributed by atoms with Gasteiger partial charge in [-0.1, -0.05) is 24.3 Å². The van der Waals surface area contributed by atoms with Crippen LogP contribution in [0.5, 0.6) is 5.75 Å². The van der Waals surface area contributed by atoms with Gasteiger partial charge in [-0.15, -0.1) is 0 Å². The second kappa shape index (κ2) is 8.46. The Kier molecular flexibility index (Phi) is 5.81. The summed E-state index contributed by atoms with van der Waals surface area (Å²) >= 11 is 0. The molecule has 0 unspecified atom stereocenters. The lowest BCUT2D eigenvalue weighted by Crippen LogP contribution is -2.18. The SMILES string of the molecule is COc1ccccc1NC(=O)c1ccccc1NS(=O)(=O)c1ccc(C#N)cc1. The van der Waals surface area contributed by atoms with Gasteiger partial charge in [0.2, 0.25) is 0 Å². The summed E-state index contributed by atoms with van der Waals surface area (Å²) < 4.78 is 33.0. The van der Waals surface area contributed by atoms with Gasteiger partial charge in [0, 0.05) is 0 Å². The van der Waals surface area contributed by atoms with E-state index in [1.807, 2.05) is 6.07 Å². The first kappa shape index (κ1) is 19.9. The molecule has 0 aliphatic heterocycles. The molecule has 146 valence electrons. The smallest absolute Gasteiger partial charge is 0.261 e. The van der Waals surface area contributed by atoms with E-state index in [0.29, 0.717) is 17.0 Å². The number of anilines is 2.